The van der Waals surface area contributed by atoms with Crippen LogP contribution in [0.15, 0.2) is 18.2 Å². The van der Waals surface area contributed by atoms with E-state index in [2.05, 4.69) is 5.32 Å². The van der Waals surface area contributed by atoms with Gasteiger partial charge >= 0.3 is 0 Å². The van der Waals surface area contributed by atoms with Crippen molar-refractivity contribution in [3.05, 3.63) is 23.8 Å². The van der Waals surface area contributed by atoms with Gasteiger partial charge in [-0.1, -0.05) is 0 Å². The van der Waals surface area contributed by atoms with Crippen molar-refractivity contribution in [1.29, 1.82) is 0 Å². The Balaban J connectivity index is 2.22. The average molecular weight is 279 g/mol. The van der Waals surface area contributed by atoms with E-state index in [0.717, 1.165) is 0 Å². The lowest BCUT2D eigenvalue weighted by Crippen LogP contribution is -2.42. The number of ketones is 1. The largest absolute Gasteiger partial charge is 0.497 e. The van der Waals surface area contributed by atoms with Gasteiger partial charge in [-0.2, -0.15) is 0 Å². The highest BCUT2D eigenvalue weighted by atomic mass is 16.5. The van der Waals surface area contributed by atoms with Crippen molar-refractivity contribution in [2.45, 2.75) is 12.5 Å². The summed E-state index contributed by atoms with van der Waals surface area (Å²) in [4.78, 5) is 24.0. The number of amides is 1. The summed E-state index contributed by atoms with van der Waals surface area (Å²) in [5.41, 5.74) is 0.421. The Morgan fingerprint density at radius 1 is 1.45 bits per heavy atom. The van der Waals surface area contributed by atoms with Crippen LogP contribution < -0.4 is 14.8 Å². The third-order valence-electron chi connectivity index (χ3n) is 3.04. The summed E-state index contributed by atoms with van der Waals surface area (Å²) in [5, 5.41) is 2.65. The number of carbonyl (C=O) groups excluding carboxylic acids is 2. The van der Waals surface area contributed by atoms with Gasteiger partial charge in [0.2, 0.25) is 5.91 Å². The summed E-state index contributed by atoms with van der Waals surface area (Å²) >= 11 is 0. The van der Waals surface area contributed by atoms with E-state index in [1.807, 2.05) is 0 Å². The summed E-state index contributed by atoms with van der Waals surface area (Å²) in [6.07, 6.45) is 0.422. The minimum absolute atomic E-state index is 0.0738. The molecule has 1 aliphatic rings. The Labute approximate surface area is 117 Å². The van der Waals surface area contributed by atoms with Gasteiger partial charge in [-0.05, 0) is 18.2 Å². The van der Waals surface area contributed by atoms with Crippen LogP contribution in [0.1, 0.15) is 16.8 Å². The standard InChI is InChI=1S/C14H17NO5/c1-18-8-13(16)15-11-5-6-20-12-4-3-9(19-2)7-10(12)14(11)17/h3-4,7,11H,5-6,8H2,1-2H3,(H,15,16). The van der Waals surface area contributed by atoms with Crippen LogP contribution in [0.5, 0.6) is 11.5 Å². The van der Waals surface area contributed by atoms with E-state index < -0.39 is 6.04 Å². The minimum atomic E-state index is -0.606. The fraction of sp³-hybridized carbons (Fsp3) is 0.429. The zero-order valence-corrected chi connectivity index (χ0v) is 11.5. The molecule has 108 valence electrons. The number of benzene rings is 1. The van der Waals surface area contributed by atoms with Crippen LogP contribution in [0.2, 0.25) is 0 Å². The lowest BCUT2D eigenvalue weighted by Gasteiger charge is -2.14. The van der Waals surface area contributed by atoms with Gasteiger partial charge in [0.25, 0.3) is 0 Å². The molecule has 0 aliphatic carbocycles. The molecule has 0 saturated carbocycles. The van der Waals surface area contributed by atoms with E-state index >= 15 is 0 Å². The number of fused-ring (bicyclic) bond motifs is 1. The third kappa shape index (κ3) is 3.08. The van der Waals surface area contributed by atoms with Crippen molar-refractivity contribution in [3.8, 4) is 11.5 Å². The van der Waals surface area contributed by atoms with Gasteiger partial charge < -0.3 is 19.5 Å². The normalized spacial score (nSPS) is 17.7. The van der Waals surface area contributed by atoms with Crippen LogP contribution in [-0.4, -0.2) is 45.2 Å². The minimum Gasteiger partial charge on any atom is -0.497 e. The monoisotopic (exact) mass is 279 g/mol. The molecule has 6 nitrogen and oxygen atoms in total. The number of Topliss-reactive ketones (excluding diaryl/α,β-unsaturated/α-hetero) is 1. The second kappa shape index (κ2) is 6.38. The molecule has 6 heteroatoms. The van der Waals surface area contributed by atoms with Crippen molar-refractivity contribution >= 4 is 11.7 Å². The molecule has 0 spiro atoms. The number of nitrogens with one attached hydrogen (secondary N) is 1. The van der Waals surface area contributed by atoms with E-state index in [0.29, 0.717) is 30.1 Å². The first kappa shape index (κ1) is 14.3. The van der Waals surface area contributed by atoms with Gasteiger partial charge in [-0.3, -0.25) is 9.59 Å². The van der Waals surface area contributed by atoms with Gasteiger partial charge in [0.15, 0.2) is 5.78 Å². The second-order valence-electron chi connectivity index (χ2n) is 4.42. The molecule has 1 unspecified atom stereocenters. The SMILES string of the molecule is COCC(=O)NC1CCOc2ccc(OC)cc2C1=O. The first-order valence-electron chi connectivity index (χ1n) is 6.29. The Morgan fingerprint density at radius 3 is 2.95 bits per heavy atom. The molecular formula is C14H17NO5. The second-order valence-corrected chi connectivity index (χ2v) is 4.42. The summed E-state index contributed by atoms with van der Waals surface area (Å²) in [6, 6.07) is 4.45. The number of ether oxygens (including phenoxy) is 3. The van der Waals surface area contributed by atoms with Crippen molar-refractivity contribution in [2.24, 2.45) is 0 Å². The first-order chi connectivity index (χ1) is 9.65. The molecule has 2 rings (SSSR count). The molecule has 1 atom stereocenters. The van der Waals surface area contributed by atoms with Crippen LogP contribution in [0.3, 0.4) is 0 Å². The maximum Gasteiger partial charge on any atom is 0.246 e. The number of rotatable bonds is 4. The van der Waals surface area contributed by atoms with Crippen molar-refractivity contribution < 1.29 is 23.8 Å². The molecule has 0 saturated heterocycles. The van der Waals surface area contributed by atoms with Crippen LogP contribution in [0.4, 0.5) is 0 Å². The van der Waals surface area contributed by atoms with E-state index in [1.165, 1.54) is 14.2 Å². The van der Waals surface area contributed by atoms with Gasteiger partial charge in [-0.15, -0.1) is 0 Å². The molecule has 1 amide bonds. The maximum atomic E-state index is 12.5. The van der Waals surface area contributed by atoms with Crippen molar-refractivity contribution in [2.75, 3.05) is 27.4 Å². The number of hydrogen-bond donors (Lipinski definition) is 1. The van der Waals surface area contributed by atoms with E-state index in [1.54, 1.807) is 18.2 Å². The van der Waals surface area contributed by atoms with Gasteiger partial charge in [0.05, 0.1) is 25.3 Å². The molecule has 1 N–H and O–H groups in total. The highest BCUT2D eigenvalue weighted by Gasteiger charge is 2.28. The molecule has 1 aromatic carbocycles. The smallest absolute Gasteiger partial charge is 0.246 e. The number of carbonyl (C=O) groups is 2. The summed E-state index contributed by atoms with van der Waals surface area (Å²) in [7, 11) is 2.96. The lowest BCUT2D eigenvalue weighted by molar-refractivity contribution is -0.125. The fourth-order valence-electron chi connectivity index (χ4n) is 2.06. The maximum absolute atomic E-state index is 12.5. The van der Waals surface area contributed by atoms with Crippen molar-refractivity contribution in [3.63, 3.8) is 0 Å². The van der Waals surface area contributed by atoms with Crippen LogP contribution in [-0.2, 0) is 9.53 Å². The summed E-state index contributed by atoms with van der Waals surface area (Å²) < 4.78 is 15.4. The van der Waals surface area contributed by atoms with Gasteiger partial charge in [0, 0.05) is 13.5 Å². The van der Waals surface area contributed by atoms with Gasteiger partial charge in [-0.25, -0.2) is 0 Å². The summed E-state index contributed by atoms with van der Waals surface area (Å²) in [6.45, 7) is 0.290. The Bertz CT molecular complexity index is 514. The van der Waals surface area contributed by atoms with E-state index in [4.69, 9.17) is 14.2 Å². The molecule has 1 heterocycles. The van der Waals surface area contributed by atoms with Crippen LogP contribution in [0.25, 0.3) is 0 Å². The molecule has 20 heavy (non-hydrogen) atoms. The Kier molecular flexibility index (Phi) is 4.57. The molecule has 0 radical (unpaired) electrons. The van der Waals surface area contributed by atoms with Gasteiger partial charge in [0.1, 0.15) is 18.1 Å². The fourth-order valence-corrected chi connectivity index (χ4v) is 2.06. The predicted octanol–water partition coefficient (Wildman–Crippen LogP) is 0.792. The Hall–Kier alpha value is -2.08. The first-order valence-corrected chi connectivity index (χ1v) is 6.29. The highest BCUT2D eigenvalue weighted by molar-refractivity contribution is 6.04. The molecule has 0 fully saturated rings. The zero-order valence-electron chi connectivity index (χ0n) is 11.5. The quantitative estimate of drug-likeness (QED) is 0.882. The highest BCUT2D eigenvalue weighted by Crippen LogP contribution is 2.28. The molecule has 1 aliphatic heterocycles. The number of hydrogen-bond acceptors (Lipinski definition) is 5. The molecule has 1 aromatic rings. The van der Waals surface area contributed by atoms with Crippen LogP contribution >= 0.6 is 0 Å². The molecule has 0 bridgehead atoms. The summed E-state index contributed by atoms with van der Waals surface area (Å²) in [5.74, 6) is 0.585. The number of methoxy groups -OCH3 is 2. The molecule has 0 aromatic heterocycles. The Morgan fingerprint density at radius 2 is 2.25 bits per heavy atom. The topological polar surface area (TPSA) is 73.9 Å². The van der Waals surface area contributed by atoms with E-state index in [9.17, 15) is 9.59 Å². The molecular weight excluding hydrogens is 262 g/mol. The zero-order chi connectivity index (χ0) is 14.5. The predicted molar refractivity (Wildman–Crippen MR) is 71.2 cm³/mol. The lowest BCUT2D eigenvalue weighted by atomic mass is 10.0. The van der Waals surface area contributed by atoms with Crippen molar-refractivity contribution in [1.82, 2.24) is 5.32 Å². The third-order valence-corrected chi connectivity index (χ3v) is 3.04. The van der Waals surface area contributed by atoms with Crippen LogP contribution in [0, 0.1) is 0 Å². The average Bonchev–Trinajstić information content (AvgIpc) is 2.59. The van der Waals surface area contributed by atoms with E-state index in [-0.39, 0.29) is 18.3 Å².